The molecule has 1 fully saturated rings. The SMILES string of the molecule is CCCCCC(CCCC)CN1CCC(O[C@H](C)C#CC(CCCC)CCCC)CC1. The summed E-state index contributed by atoms with van der Waals surface area (Å²) >= 11 is 0. The normalized spacial score (nSPS) is 17.5. The third kappa shape index (κ3) is 14.3. The van der Waals surface area contributed by atoms with Gasteiger partial charge in [-0.2, -0.15) is 0 Å². The Bertz CT molecular complexity index is 449. The van der Waals surface area contributed by atoms with Crippen molar-refractivity contribution in [3.05, 3.63) is 0 Å². The summed E-state index contributed by atoms with van der Waals surface area (Å²) in [5.41, 5.74) is 0. The van der Waals surface area contributed by atoms with Crippen molar-refractivity contribution < 1.29 is 4.74 Å². The van der Waals surface area contributed by atoms with Crippen molar-refractivity contribution in [1.29, 1.82) is 0 Å². The summed E-state index contributed by atoms with van der Waals surface area (Å²) in [6.07, 6.45) is 20.2. The molecule has 1 aliphatic heterocycles. The van der Waals surface area contributed by atoms with E-state index in [9.17, 15) is 0 Å². The van der Waals surface area contributed by atoms with Gasteiger partial charge in [-0.15, -0.1) is 0 Å². The maximum Gasteiger partial charge on any atom is 0.115 e. The van der Waals surface area contributed by atoms with Crippen LogP contribution in [-0.2, 0) is 4.74 Å². The Morgan fingerprint density at radius 2 is 1.29 bits per heavy atom. The van der Waals surface area contributed by atoms with Gasteiger partial charge in [0.05, 0.1) is 6.10 Å². The number of rotatable bonds is 17. The summed E-state index contributed by atoms with van der Waals surface area (Å²) in [5.74, 6) is 8.50. The Balaban J connectivity index is 2.38. The molecule has 0 aliphatic carbocycles. The third-order valence-corrected chi connectivity index (χ3v) is 6.93. The van der Waals surface area contributed by atoms with Crippen molar-refractivity contribution in [2.45, 2.75) is 143 Å². The molecular formula is C29H55NO. The number of ether oxygens (including phenoxy) is 1. The Hall–Kier alpha value is -0.520. The summed E-state index contributed by atoms with van der Waals surface area (Å²) in [7, 11) is 0. The maximum atomic E-state index is 6.35. The lowest BCUT2D eigenvalue weighted by Gasteiger charge is -2.35. The lowest BCUT2D eigenvalue weighted by Crippen LogP contribution is -2.40. The highest BCUT2D eigenvalue weighted by molar-refractivity contribution is 5.07. The molecule has 1 aliphatic rings. The average molecular weight is 434 g/mol. The number of hydrogen-bond donors (Lipinski definition) is 0. The molecule has 0 amide bonds. The van der Waals surface area contributed by atoms with Crippen LogP contribution in [0.25, 0.3) is 0 Å². The fourth-order valence-electron chi connectivity index (χ4n) is 4.84. The first-order valence-corrected chi connectivity index (χ1v) is 14.0. The van der Waals surface area contributed by atoms with E-state index in [1.54, 1.807) is 0 Å². The number of unbranched alkanes of at least 4 members (excludes halogenated alkanes) is 5. The first-order valence-electron chi connectivity index (χ1n) is 14.0. The van der Waals surface area contributed by atoms with Crippen LogP contribution >= 0.6 is 0 Å². The largest absolute Gasteiger partial charge is 0.362 e. The molecule has 1 saturated heterocycles. The van der Waals surface area contributed by atoms with Crippen molar-refractivity contribution in [3.63, 3.8) is 0 Å². The minimum Gasteiger partial charge on any atom is -0.362 e. The summed E-state index contributed by atoms with van der Waals surface area (Å²) < 4.78 is 6.35. The third-order valence-electron chi connectivity index (χ3n) is 6.93. The monoisotopic (exact) mass is 433 g/mol. The molecule has 0 bridgehead atoms. The van der Waals surface area contributed by atoms with Gasteiger partial charge in [0.2, 0.25) is 0 Å². The number of piperidine rings is 1. The van der Waals surface area contributed by atoms with Crippen LogP contribution in [0.1, 0.15) is 131 Å². The van der Waals surface area contributed by atoms with Gasteiger partial charge in [-0.1, -0.05) is 97.3 Å². The summed E-state index contributed by atoms with van der Waals surface area (Å²) in [5, 5.41) is 0. The van der Waals surface area contributed by atoms with Gasteiger partial charge in [-0.25, -0.2) is 0 Å². The average Bonchev–Trinajstić information content (AvgIpc) is 2.78. The van der Waals surface area contributed by atoms with Crippen molar-refractivity contribution >= 4 is 0 Å². The second-order valence-corrected chi connectivity index (χ2v) is 10.1. The van der Waals surface area contributed by atoms with E-state index in [4.69, 9.17) is 4.74 Å². The van der Waals surface area contributed by atoms with Crippen LogP contribution in [0.5, 0.6) is 0 Å². The zero-order valence-corrected chi connectivity index (χ0v) is 21.9. The van der Waals surface area contributed by atoms with Crippen LogP contribution in [0.3, 0.4) is 0 Å². The lowest BCUT2D eigenvalue weighted by atomic mass is 9.94. The lowest BCUT2D eigenvalue weighted by molar-refractivity contribution is -0.0146. The molecule has 1 unspecified atom stereocenters. The summed E-state index contributed by atoms with van der Waals surface area (Å²) in [4.78, 5) is 2.72. The minimum absolute atomic E-state index is 0.0775. The molecule has 31 heavy (non-hydrogen) atoms. The topological polar surface area (TPSA) is 12.5 Å². The first-order chi connectivity index (χ1) is 15.1. The molecule has 0 radical (unpaired) electrons. The van der Waals surface area contributed by atoms with Crippen molar-refractivity contribution in [2.75, 3.05) is 19.6 Å². The van der Waals surface area contributed by atoms with Gasteiger partial charge in [-0.05, 0) is 51.4 Å². The number of likely N-dealkylation sites (tertiary alicyclic amines) is 1. The van der Waals surface area contributed by atoms with Gasteiger partial charge < -0.3 is 9.64 Å². The van der Waals surface area contributed by atoms with E-state index in [2.05, 4.69) is 51.4 Å². The zero-order valence-electron chi connectivity index (χ0n) is 21.9. The first kappa shape index (κ1) is 28.5. The van der Waals surface area contributed by atoms with E-state index in [0.29, 0.717) is 12.0 Å². The summed E-state index contributed by atoms with van der Waals surface area (Å²) in [6.45, 7) is 15.1. The molecule has 0 aromatic rings. The number of hydrogen-bond acceptors (Lipinski definition) is 2. The molecule has 2 nitrogen and oxygen atoms in total. The molecule has 182 valence electrons. The van der Waals surface area contributed by atoms with Crippen molar-refractivity contribution in [3.8, 4) is 11.8 Å². The maximum absolute atomic E-state index is 6.35. The predicted octanol–water partition coefficient (Wildman–Crippen LogP) is 8.24. The van der Waals surface area contributed by atoms with Crippen LogP contribution in [0.2, 0.25) is 0 Å². The standard InChI is InChI=1S/C29H55NO/c1-6-10-14-18-28(17-13-9-4)25-30-23-21-29(22-24-30)31-26(5)19-20-27(15-11-7-2)16-12-8-3/h26-29H,6-18,21-25H2,1-5H3/t26-,28?/m1/s1. The molecule has 0 aromatic heterocycles. The quantitative estimate of drug-likeness (QED) is 0.169. The van der Waals surface area contributed by atoms with Crippen LogP contribution in [0, 0.1) is 23.7 Å². The fourth-order valence-corrected chi connectivity index (χ4v) is 4.84. The van der Waals surface area contributed by atoms with Crippen LogP contribution in [-0.4, -0.2) is 36.7 Å². The molecule has 0 spiro atoms. The van der Waals surface area contributed by atoms with Gasteiger partial charge in [0.15, 0.2) is 0 Å². The molecule has 2 atom stereocenters. The van der Waals surface area contributed by atoms with Gasteiger partial charge >= 0.3 is 0 Å². The second kappa shape index (κ2) is 19.0. The number of nitrogens with zero attached hydrogens (tertiary/aromatic N) is 1. The Labute approximate surface area is 196 Å². The van der Waals surface area contributed by atoms with Crippen molar-refractivity contribution in [1.82, 2.24) is 4.90 Å². The molecular weight excluding hydrogens is 378 g/mol. The Kier molecular flexibility index (Phi) is 17.5. The van der Waals surface area contributed by atoms with Gasteiger partial charge in [0.1, 0.15) is 6.10 Å². The Morgan fingerprint density at radius 3 is 1.87 bits per heavy atom. The van der Waals surface area contributed by atoms with E-state index in [1.165, 1.54) is 116 Å². The highest BCUT2D eigenvalue weighted by Gasteiger charge is 2.23. The van der Waals surface area contributed by atoms with E-state index in [-0.39, 0.29) is 6.10 Å². The predicted molar refractivity (Wildman–Crippen MR) is 137 cm³/mol. The van der Waals surface area contributed by atoms with Crippen molar-refractivity contribution in [2.24, 2.45) is 11.8 Å². The molecule has 2 heteroatoms. The highest BCUT2D eigenvalue weighted by atomic mass is 16.5. The highest BCUT2D eigenvalue weighted by Crippen LogP contribution is 2.22. The smallest absolute Gasteiger partial charge is 0.115 e. The van der Waals surface area contributed by atoms with E-state index >= 15 is 0 Å². The van der Waals surface area contributed by atoms with Crippen LogP contribution < -0.4 is 0 Å². The molecule has 1 heterocycles. The van der Waals surface area contributed by atoms with E-state index < -0.39 is 0 Å². The zero-order chi connectivity index (χ0) is 22.7. The summed E-state index contributed by atoms with van der Waals surface area (Å²) in [6, 6.07) is 0. The fraction of sp³-hybridized carbons (Fsp3) is 0.931. The van der Waals surface area contributed by atoms with E-state index in [0.717, 1.165) is 5.92 Å². The molecule has 0 saturated carbocycles. The Morgan fingerprint density at radius 1 is 0.742 bits per heavy atom. The second-order valence-electron chi connectivity index (χ2n) is 10.1. The minimum atomic E-state index is 0.0775. The molecule has 0 aromatic carbocycles. The van der Waals surface area contributed by atoms with E-state index in [1.807, 2.05) is 0 Å². The molecule has 1 rings (SSSR count). The van der Waals surface area contributed by atoms with Gasteiger partial charge in [0.25, 0.3) is 0 Å². The van der Waals surface area contributed by atoms with Crippen LogP contribution in [0.4, 0.5) is 0 Å². The molecule has 0 N–H and O–H groups in total. The van der Waals surface area contributed by atoms with Gasteiger partial charge in [-0.3, -0.25) is 0 Å². The van der Waals surface area contributed by atoms with Gasteiger partial charge in [0, 0.05) is 25.6 Å². The van der Waals surface area contributed by atoms with Crippen LogP contribution in [0.15, 0.2) is 0 Å².